The van der Waals surface area contributed by atoms with Crippen molar-refractivity contribution in [2.45, 2.75) is 33.3 Å². The van der Waals surface area contributed by atoms with Gasteiger partial charge in [0.05, 0.1) is 6.10 Å². The summed E-state index contributed by atoms with van der Waals surface area (Å²) in [6, 6.07) is 10.1. The summed E-state index contributed by atoms with van der Waals surface area (Å²) in [4.78, 5) is 0. The molecule has 0 fully saturated rings. The molecule has 0 bridgehead atoms. The van der Waals surface area contributed by atoms with Gasteiger partial charge in [-0.05, 0) is 38.0 Å². The third-order valence-electron chi connectivity index (χ3n) is 3.11. The van der Waals surface area contributed by atoms with Crippen LogP contribution in [0.2, 0.25) is 0 Å². The molecule has 0 amide bonds. The molecule has 1 heterocycles. The van der Waals surface area contributed by atoms with Crippen LogP contribution < -0.4 is 0 Å². The predicted molar refractivity (Wildman–Crippen MR) is 68.0 cm³/mol. The summed E-state index contributed by atoms with van der Waals surface area (Å²) >= 11 is 0. The van der Waals surface area contributed by atoms with Crippen LogP contribution in [0.25, 0.3) is 0 Å². The van der Waals surface area contributed by atoms with E-state index < -0.39 is 6.10 Å². The Morgan fingerprint density at radius 1 is 1.18 bits per heavy atom. The minimum absolute atomic E-state index is 0.492. The third kappa shape index (κ3) is 2.59. The van der Waals surface area contributed by atoms with Gasteiger partial charge in [0.1, 0.15) is 11.5 Å². The molecule has 2 rings (SSSR count). The second-order valence-corrected chi connectivity index (χ2v) is 4.51. The van der Waals surface area contributed by atoms with Crippen molar-refractivity contribution in [3.05, 3.63) is 58.5 Å². The van der Waals surface area contributed by atoms with Crippen LogP contribution in [-0.4, -0.2) is 5.11 Å². The van der Waals surface area contributed by atoms with Crippen molar-refractivity contribution in [2.24, 2.45) is 0 Å². The first-order valence-electron chi connectivity index (χ1n) is 5.87. The highest BCUT2D eigenvalue weighted by molar-refractivity contribution is 5.29. The highest BCUT2D eigenvalue weighted by Crippen LogP contribution is 2.25. The van der Waals surface area contributed by atoms with Crippen molar-refractivity contribution in [3.8, 4) is 0 Å². The Morgan fingerprint density at radius 3 is 2.47 bits per heavy atom. The van der Waals surface area contributed by atoms with Crippen LogP contribution in [-0.2, 0) is 6.42 Å². The van der Waals surface area contributed by atoms with E-state index in [1.807, 2.05) is 32.0 Å². The lowest BCUT2D eigenvalue weighted by atomic mass is 9.98. The van der Waals surface area contributed by atoms with Crippen molar-refractivity contribution in [3.63, 3.8) is 0 Å². The molecule has 1 aromatic carbocycles. The van der Waals surface area contributed by atoms with Gasteiger partial charge in [0.25, 0.3) is 0 Å². The first-order valence-corrected chi connectivity index (χ1v) is 5.87. The standard InChI is InChI=1S/C15H18O2/c1-10-6-4-5-7-13(10)9-15(16)14-8-11(2)17-12(14)3/h4-8,15-16H,9H2,1-3H3. The highest BCUT2D eigenvalue weighted by atomic mass is 16.3. The summed E-state index contributed by atoms with van der Waals surface area (Å²) in [7, 11) is 0. The summed E-state index contributed by atoms with van der Waals surface area (Å²) in [6.07, 6.45) is 0.139. The number of aliphatic hydroxyl groups excluding tert-OH is 1. The lowest BCUT2D eigenvalue weighted by molar-refractivity contribution is 0.176. The van der Waals surface area contributed by atoms with Crippen molar-refractivity contribution >= 4 is 0 Å². The van der Waals surface area contributed by atoms with E-state index in [4.69, 9.17) is 4.42 Å². The van der Waals surface area contributed by atoms with E-state index in [-0.39, 0.29) is 0 Å². The maximum absolute atomic E-state index is 10.2. The number of aliphatic hydroxyl groups is 1. The Labute approximate surface area is 102 Å². The topological polar surface area (TPSA) is 33.4 Å². The van der Waals surface area contributed by atoms with Gasteiger partial charge in [-0.3, -0.25) is 0 Å². The van der Waals surface area contributed by atoms with E-state index in [9.17, 15) is 5.11 Å². The molecular weight excluding hydrogens is 212 g/mol. The Kier molecular flexibility index (Phi) is 3.34. The van der Waals surface area contributed by atoms with Gasteiger partial charge in [-0.15, -0.1) is 0 Å². The first-order chi connectivity index (χ1) is 8.08. The van der Waals surface area contributed by atoms with Crippen LogP contribution in [0.15, 0.2) is 34.7 Å². The zero-order valence-electron chi connectivity index (χ0n) is 10.5. The lowest BCUT2D eigenvalue weighted by Gasteiger charge is -2.11. The van der Waals surface area contributed by atoms with E-state index >= 15 is 0 Å². The molecule has 17 heavy (non-hydrogen) atoms. The minimum Gasteiger partial charge on any atom is -0.466 e. The number of hydrogen-bond donors (Lipinski definition) is 1. The number of hydrogen-bond acceptors (Lipinski definition) is 2. The van der Waals surface area contributed by atoms with E-state index in [1.54, 1.807) is 0 Å². The zero-order valence-corrected chi connectivity index (χ0v) is 10.5. The van der Waals surface area contributed by atoms with Crippen LogP contribution in [0.1, 0.15) is 34.3 Å². The third-order valence-corrected chi connectivity index (χ3v) is 3.11. The lowest BCUT2D eigenvalue weighted by Crippen LogP contribution is -2.03. The molecule has 0 aliphatic heterocycles. The number of rotatable bonds is 3. The molecule has 0 spiro atoms. The molecule has 1 aromatic heterocycles. The van der Waals surface area contributed by atoms with Crippen LogP contribution in [0.3, 0.4) is 0 Å². The molecule has 1 N–H and O–H groups in total. The zero-order chi connectivity index (χ0) is 12.4. The predicted octanol–water partition coefficient (Wildman–Crippen LogP) is 3.48. The summed E-state index contributed by atoms with van der Waals surface area (Å²) in [5, 5.41) is 10.2. The molecule has 90 valence electrons. The molecule has 2 heteroatoms. The Balaban J connectivity index is 2.20. The van der Waals surface area contributed by atoms with Gasteiger partial charge in [0.15, 0.2) is 0 Å². The molecule has 2 aromatic rings. The van der Waals surface area contributed by atoms with Crippen molar-refractivity contribution in [1.29, 1.82) is 0 Å². The average molecular weight is 230 g/mol. The van der Waals surface area contributed by atoms with Crippen LogP contribution in [0.5, 0.6) is 0 Å². The second kappa shape index (κ2) is 4.76. The number of aryl methyl sites for hydroxylation is 3. The van der Waals surface area contributed by atoms with Gasteiger partial charge in [-0.1, -0.05) is 24.3 Å². The molecule has 2 nitrogen and oxygen atoms in total. The first kappa shape index (κ1) is 11.9. The SMILES string of the molecule is Cc1cc(C(O)Cc2ccccc2C)c(C)o1. The average Bonchev–Trinajstić information content (AvgIpc) is 2.61. The van der Waals surface area contributed by atoms with Gasteiger partial charge < -0.3 is 9.52 Å². The smallest absolute Gasteiger partial charge is 0.106 e. The maximum atomic E-state index is 10.2. The normalized spacial score (nSPS) is 12.7. The molecule has 0 radical (unpaired) electrons. The van der Waals surface area contributed by atoms with Crippen LogP contribution >= 0.6 is 0 Å². The van der Waals surface area contributed by atoms with Crippen molar-refractivity contribution in [1.82, 2.24) is 0 Å². The quantitative estimate of drug-likeness (QED) is 0.875. The monoisotopic (exact) mass is 230 g/mol. The van der Waals surface area contributed by atoms with E-state index in [1.165, 1.54) is 11.1 Å². The minimum atomic E-state index is -0.492. The fourth-order valence-electron chi connectivity index (χ4n) is 2.14. The fourth-order valence-corrected chi connectivity index (χ4v) is 2.14. The van der Waals surface area contributed by atoms with E-state index in [0.29, 0.717) is 6.42 Å². The largest absolute Gasteiger partial charge is 0.466 e. The van der Waals surface area contributed by atoms with Crippen molar-refractivity contribution in [2.75, 3.05) is 0 Å². The van der Waals surface area contributed by atoms with E-state index in [2.05, 4.69) is 19.1 Å². The Bertz CT molecular complexity index is 511. The molecule has 0 aliphatic rings. The molecular formula is C15H18O2. The number of benzene rings is 1. The maximum Gasteiger partial charge on any atom is 0.106 e. The molecule has 0 aliphatic carbocycles. The summed E-state index contributed by atoms with van der Waals surface area (Å²) in [6.45, 7) is 5.86. The highest BCUT2D eigenvalue weighted by Gasteiger charge is 2.15. The van der Waals surface area contributed by atoms with Gasteiger partial charge in [0.2, 0.25) is 0 Å². The summed E-state index contributed by atoms with van der Waals surface area (Å²) in [5.74, 6) is 1.66. The number of furan rings is 1. The summed E-state index contributed by atoms with van der Waals surface area (Å²) < 4.78 is 5.44. The second-order valence-electron chi connectivity index (χ2n) is 4.51. The van der Waals surface area contributed by atoms with Gasteiger partial charge in [0, 0.05) is 12.0 Å². The molecule has 1 unspecified atom stereocenters. The Morgan fingerprint density at radius 2 is 1.88 bits per heavy atom. The van der Waals surface area contributed by atoms with Gasteiger partial charge in [-0.25, -0.2) is 0 Å². The van der Waals surface area contributed by atoms with Crippen molar-refractivity contribution < 1.29 is 9.52 Å². The van der Waals surface area contributed by atoms with Crippen LogP contribution in [0, 0.1) is 20.8 Å². The summed E-state index contributed by atoms with van der Waals surface area (Å²) in [5.41, 5.74) is 3.29. The molecule has 1 atom stereocenters. The fraction of sp³-hybridized carbons (Fsp3) is 0.333. The molecule has 0 saturated heterocycles. The van der Waals surface area contributed by atoms with Crippen LogP contribution in [0.4, 0.5) is 0 Å². The Hall–Kier alpha value is -1.54. The van der Waals surface area contributed by atoms with E-state index in [0.717, 1.165) is 17.1 Å². The van der Waals surface area contributed by atoms with Gasteiger partial charge >= 0.3 is 0 Å². The van der Waals surface area contributed by atoms with Gasteiger partial charge in [-0.2, -0.15) is 0 Å². The molecule has 0 saturated carbocycles.